The number of ether oxygens (including phenoxy) is 1. The molecule has 7 heteroatoms. The van der Waals surface area contributed by atoms with Crippen molar-refractivity contribution in [2.75, 3.05) is 26.2 Å². The summed E-state index contributed by atoms with van der Waals surface area (Å²) in [5, 5.41) is 17.3. The maximum absolute atomic E-state index is 12.8. The van der Waals surface area contributed by atoms with E-state index in [9.17, 15) is 9.50 Å². The summed E-state index contributed by atoms with van der Waals surface area (Å²) in [4.78, 5) is 6.64. The predicted octanol–water partition coefficient (Wildman–Crippen LogP) is 1.87. The lowest BCUT2D eigenvalue weighted by atomic mass is 9.96. The first-order valence-corrected chi connectivity index (χ1v) is 8.28. The number of aryl methyl sites for hydroxylation is 1. The SMILES string of the molecule is Cc1nc(C2CCN(CC(O)COc3ccc(F)cc3)CC2)n[nH]1. The van der Waals surface area contributed by atoms with E-state index < -0.39 is 6.10 Å². The Balaban J connectivity index is 1.39. The highest BCUT2D eigenvalue weighted by Gasteiger charge is 2.24. The molecule has 0 bridgehead atoms. The number of piperidine rings is 1. The van der Waals surface area contributed by atoms with Gasteiger partial charge in [0.05, 0.1) is 0 Å². The zero-order chi connectivity index (χ0) is 16.9. The van der Waals surface area contributed by atoms with Gasteiger partial charge in [-0.15, -0.1) is 0 Å². The molecule has 0 amide bonds. The number of β-amino-alcohol motifs (C(OH)–C–C–N with tert-alkyl or cyclic N) is 1. The van der Waals surface area contributed by atoms with E-state index in [1.807, 2.05) is 6.92 Å². The number of hydrogen-bond donors (Lipinski definition) is 2. The second-order valence-electron chi connectivity index (χ2n) is 6.27. The van der Waals surface area contributed by atoms with Gasteiger partial charge in [-0.25, -0.2) is 9.37 Å². The minimum absolute atomic E-state index is 0.200. The number of rotatable bonds is 6. The predicted molar refractivity (Wildman–Crippen MR) is 87.4 cm³/mol. The fourth-order valence-electron chi connectivity index (χ4n) is 2.99. The number of aliphatic hydroxyl groups is 1. The Morgan fingerprint density at radius 2 is 2.04 bits per heavy atom. The molecule has 6 nitrogen and oxygen atoms in total. The van der Waals surface area contributed by atoms with Gasteiger partial charge in [0, 0.05) is 12.5 Å². The number of likely N-dealkylation sites (tertiary alicyclic amines) is 1. The van der Waals surface area contributed by atoms with Gasteiger partial charge in [-0.2, -0.15) is 5.10 Å². The van der Waals surface area contributed by atoms with Crippen molar-refractivity contribution in [2.45, 2.75) is 31.8 Å². The average molecular weight is 334 g/mol. The van der Waals surface area contributed by atoms with E-state index in [1.54, 1.807) is 12.1 Å². The van der Waals surface area contributed by atoms with Crippen molar-refractivity contribution < 1.29 is 14.2 Å². The molecular weight excluding hydrogens is 311 g/mol. The minimum Gasteiger partial charge on any atom is -0.491 e. The molecule has 0 aliphatic carbocycles. The van der Waals surface area contributed by atoms with Gasteiger partial charge in [-0.3, -0.25) is 5.10 Å². The van der Waals surface area contributed by atoms with Crippen molar-refractivity contribution >= 4 is 0 Å². The van der Waals surface area contributed by atoms with E-state index >= 15 is 0 Å². The van der Waals surface area contributed by atoms with Gasteiger partial charge in [0.2, 0.25) is 0 Å². The molecule has 2 aromatic rings. The molecule has 2 heterocycles. The second kappa shape index (κ2) is 7.72. The summed E-state index contributed by atoms with van der Waals surface area (Å²) in [7, 11) is 0. The molecule has 0 saturated carbocycles. The quantitative estimate of drug-likeness (QED) is 0.844. The van der Waals surface area contributed by atoms with E-state index in [1.165, 1.54) is 12.1 Å². The standard InChI is InChI=1S/C17H23FN4O2/c1-12-19-17(21-20-12)13-6-8-22(9-7-13)10-15(23)11-24-16-4-2-14(18)3-5-16/h2-5,13,15,23H,6-11H2,1H3,(H,19,20,21). The normalized spacial score (nSPS) is 17.8. The number of aromatic nitrogens is 3. The summed E-state index contributed by atoms with van der Waals surface area (Å²) in [5.74, 6) is 2.40. The number of hydrogen-bond acceptors (Lipinski definition) is 5. The summed E-state index contributed by atoms with van der Waals surface area (Å²) < 4.78 is 18.3. The van der Waals surface area contributed by atoms with E-state index in [-0.39, 0.29) is 12.4 Å². The molecule has 3 rings (SSSR count). The van der Waals surface area contributed by atoms with Crippen LogP contribution in [0.5, 0.6) is 5.75 Å². The van der Waals surface area contributed by atoms with Crippen LogP contribution in [0, 0.1) is 12.7 Å². The molecule has 24 heavy (non-hydrogen) atoms. The third-order valence-electron chi connectivity index (χ3n) is 4.29. The van der Waals surface area contributed by atoms with Crippen LogP contribution < -0.4 is 4.74 Å². The van der Waals surface area contributed by atoms with Crippen LogP contribution in [0.4, 0.5) is 4.39 Å². The molecule has 1 atom stereocenters. The second-order valence-corrected chi connectivity index (χ2v) is 6.27. The Kier molecular flexibility index (Phi) is 5.42. The first-order chi connectivity index (χ1) is 11.6. The Morgan fingerprint density at radius 1 is 1.33 bits per heavy atom. The zero-order valence-corrected chi connectivity index (χ0v) is 13.8. The van der Waals surface area contributed by atoms with Crippen LogP contribution in [0.1, 0.15) is 30.4 Å². The third-order valence-corrected chi connectivity index (χ3v) is 4.29. The number of aliphatic hydroxyl groups excluding tert-OH is 1. The van der Waals surface area contributed by atoms with Crippen molar-refractivity contribution in [1.29, 1.82) is 0 Å². The smallest absolute Gasteiger partial charge is 0.153 e. The first kappa shape index (κ1) is 16.9. The molecule has 0 radical (unpaired) electrons. The highest BCUT2D eigenvalue weighted by molar-refractivity contribution is 5.22. The number of halogens is 1. The van der Waals surface area contributed by atoms with E-state index in [2.05, 4.69) is 20.1 Å². The van der Waals surface area contributed by atoms with Crippen LogP contribution in [0.15, 0.2) is 24.3 Å². The van der Waals surface area contributed by atoms with Gasteiger partial charge in [-0.05, 0) is 57.1 Å². The van der Waals surface area contributed by atoms with Crippen molar-refractivity contribution in [3.63, 3.8) is 0 Å². The van der Waals surface area contributed by atoms with Crippen LogP contribution in [0.25, 0.3) is 0 Å². The fraction of sp³-hybridized carbons (Fsp3) is 0.529. The van der Waals surface area contributed by atoms with E-state index in [0.29, 0.717) is 18.2 Å². The number of nitrogens with one attached hydrogen (secondary N) is 1. The average Bonchev–Trinajstić information content (AvgIpc) is 3.01. The van der Waals surface area contributed by atoms with Crippen LogP contribution in [0.2, 0.25) is 0 Å². The zero-order valence-electron chi connectivity index (χ0n) is 13.8. The van der Waals surface area contributed by atoms with Gasteiger partial charge in [0.15, 0.2) is 5.82 Å². The van der Waals surface area contributed by atoms with Crippen molar-refractivity contribution in [2.24, 2.45) is 0 Å². The van der Waals surface area contributed by atoms with E-state index in [0.717, 1.165) is 37.6 Å². The van der Waals surface area contributed by atoms with Crippen molar-refractivity contribution in [3.8, 4) is 5.75 Å². The summed E-state index contributed by atoms with van der Waals surface area (Å²) in [6.07, 6.45) is 1.41. The van der Waals surface area contributed by atoms with Crippen LogP contribution in [0.3, 0.4) is 0 Å². The minimum atomic E-state index is -0.572. The molecule has 1 aromatic carbocycles. The van der Waals surface area contributed by atoms with Crippen LogP contribution in [-0.2, 0) is 0 Å². The Bertz CT molecular complexity index is 638. The van der Waals surface area contributed by atoms with Crippen molar-refractivity contribution in [1.82, 2.24) is 20.1 Å². The molecule has 130 valence electrons. The number of H-pyrrole nitrogens is 1. The van der Waals surface area contributed by atoms with Gasteiger partial charge in [0.25, 0.3) is 0 Å². The lowest BCUT2D eigenvalue weighted by molar-refractivity contribution is 0.0591. The third kappa shape index (κ3) is 4.52. The van der Waals surface area contributed by atoms with E-state index in [4.69, 9.17) is 4.74 Å². The van der Waals surface area contributed by atoms with Gasteiger partial charge >= 0.3 is 0 Å². The molecule has 1 aliphatic rings. The molecule has 1 fully saturated rings. The Labute approximate surface area is 140 Å². The maximum Gasteiger partial charge on any atom is 0.153 e. The Morgan fingerprint density at radius 3 is 2.67 bits per heavy atom. The summed E-state index contributed by atoms with van der Waals surface area (Å²) in [5.41, 5.74) is 0. The number of aromatic amines is 1. The summed E-state index contributed by atoms with van der Waals surface area (Å²) >= 11 is 0. The topological polar surface area (TPSA) is 74.3 Å². The molecule has 1 aliphatic heterocycles. The van der Waals surface area contributed by atoms with Gasteiger partial charge in [0.1, 0.15) is 30.1 Å². The summed E-state index contributed by atoms with van der Waals surface area (Å²) in [6.45, 7) is 4.49. The van der Waals surface area contributed by atoms with Crippen molar-refractivity contribution in [3.05, 3.63) is 41.7 Å². The monoisotopic (exact) mass is 334 g/mol. The highest BCUT2D eigenvalue weighted by atomic mass is 19.1. The molecule has 1 saturated heterocycles. The number of nitrogens with zero attached hydrogens (tertiary/aromatic N) is 3. The first-order valence-electron chi connectivity index (χ1n) is 8.28. The fourth-order valence-corrected chi connectivity index (χ4v) is 2.99. The maximum atomic E-state index is 12.8. The molecule has 2 N–H and O–H groups in total. The molecule has 0 spiro atoms. The Hall–Kier alpha value is -1.99. The molecule has 1 unspecified atom stereocenters. The number of benzene rings is 1. The largest absolute Gasteiger partial charge is 0.491 e. The molecule has 1 aromatic heterocycles. The lowest BCUT2D eigenvalue weighted by Gasteiger charge is -2.32. The lowest BCUT2D eigenvalue weighted by Crippen LogP contribution is -2.40. The van der Waals surface area contributed by atoms with Gasteiger partial charge in [-0.1, -0.05) is 0 Å². The van der Waals surface area contributed by atoms with Gasteiger partial charge < -0.3 is 14.7 Å². The van der Waals surface area contributed by atoms with Crippen LogP contribution >= 0.6 is 0 Å². The highest BCUT2D eigenvalue weighted by Crippen LogP contribution is 2.25. The molecular formula is C17H23FN4O2. The van der Waals surface area contributed by atoms with Crippen LogP contribution in [-0.4, -0.2) is 57.5 Å². The summed E-state index contributed by atoms with van der Waals surface area (Å²) in [6, 6.07) is 5.81.